The van der Waals surface area contributed by atoms with Gasteiger partial charge < -0.3 is 9.30 Å². The molecule has 0 spiro atoms. The predicted molar refractivity (Wildman–Crippen MR) is 63.6 cm³/mol. The number of halogens is 3. The van der Waals surface area contributed by atoms with Crippen LogP contribution in [-0.2, 0) is 18.0 Å². The zero-order valence-corrected chi connectivity index (χ0v) is 10.4. The fourth-order valence-corrected chi connectivity index (χ4v) is 2.46. The maximum atomic E-state index is 12.7. The van der Waals surface area contributed by atoms with Crippen molar-refractivity contribution in [2.45, 2.75) is 25.1 Å². The molecule has 0 radical (unpaired) electrons. The van der Waals surface area contributed by atoms with Crippen molar-refractivity contribution in [2.24, 2.45) is 7.05 Å². The summed E-state index contributed by atoms with van der Waals surface area (Å²) in [4.78, 5) is 4.31. The van der Waals surface area contributed by atoms with Crippen LogP contribution in [0.1, 0.15) is 30.3 Å². The van der Waals surface area contributed by atoms with Gasteiger partial charge in [0.2, 0.25) is 0 Å². The molecule has 0 saturated carbocycles. The maximum Gasteiger partial charge on any atom is 0.416 e. The summed E-state index contributed by atoms with van der Waals surface area (Å²) in [5.41, 5.74) is 0.387. The fraction of sp³-hybridized carbons (Fsp3) is 0.462. The highest BCUT2D eigenvalue weighted by Gasteiger charge is 2.31. The van der Waals surface area contributed by atoms with Crippen LogP contribution in [-0.4, -0.2) is 16.2 Å². The minimum Gasteiger partial charge on any atom is -0.370 e. The van der Waals surface area contributed by atoms with Crippen LogP contribution in [0, 0.1) is 0 Å². The zero-order chi connectivity index (χ0) is 13.6. The normalized spacial score (nSPS) is 20.3. The fourth-order valence-electron chi connectivity index (χ4n) is 2.46. The number of aryl methyl sites for hydroxylation is 1. The van der Waals surface area contributed by atoms with Crippen molar-refractivity contribution < 1.29 is 17.9 Å². The Labute approximate surface area is 108 Å². The lowest BCUT2D eigenvalue weighted by Crippen LogP contribution is -2.04. The molecule has 2 aromatic rings. The summed E-state index contributed by atoms with van der Waals surface area (Å²) in [6.07, 6.45) is -2.62. The number of fused-ring (bicyclic) bond motifs is 1. The molecule has 0 N–H and O–H groups in total. The summed E-state index contributed by atoms with van der Waals surface area (Å²) in [6, 6.07) is 3.64. The Morgan fingerprint density at radius 2 is 2.16 bits per heavy atom. The van der Waals surface area contributed by atoms with E-state index in [9.17, 15) is 13.2 Å². The molecule has 3 rings (SSSR count). The van der Waals surface area contributed by atoms with E-state index in [1.165, 1.54) is 6.07 Å². The molecule has 3 nitrogen and oxygen atoms in total. The lowest BCUT2D eigenvalue weighted by Gasteiger charge is -2.08. The molecule has 1 aliphatic rings. The number of rotatable bonds is 1. The maximum absolute atomic E-state index is 12.7. The van der Waals surface area contributed by atoms with Crippen LogP contribution in [0.4, 0.5) is 13.2 Å². The highest BCUT2D eigenvalue weighted by atomic mass is 19.4. The van der Waals surface area contributed by atoms with E-state index in [0.29, 0.717) is 23.5 Å². The first-order valence-electron chi connectivity index (χ1n) is 6.12. The monoisotopic (exact) mass is 270 g/mol. The number of hydrogen-bond acceptors (Lipinski definition) is 2. The molecule has 0 aliphatic carbocycles. The van der Waals surface area contributed by atoms with Crippen molar-refractivity contribution in [3.63, 3.8) is 0 Å². The second kappa shape index (κ2) is 4.23. The van der Waals surface area contributed by atoms with E-state index in [-0.39, 0.29) is 6.10 Å². The lowest BCUT2D eigenvalue weighted by molar-refractivity contribution is -0.137. The Bertz CT molecular complexity index is 612. The van der Waals surface area contributed by atoms with Gasteiger partial charge in [0.05, 0.1) is 16.6 Å². The van der Waals surface area contributed by atoms with Gasteiger partial charge in [0.25, 0.3) is 0 Å². The van der Waals surface area contributed by atoms with Gasteiger partial charge in [-0.3, -0.25) is 0 Å². The molecule has 1 aromatic carbocycles. The molecule has 2 heterocycles. The van der Waals surface area contributed by atoms with E-state index in [0.717, 1.165) is 25.0 Å². The Hall–Kier alpha value is -1.56. The third kappa shape index (κ3) is 2.10. The molecule has 1 unspecified atom stereocenters. The Kier molecular flexibility index (Phi) is 2.78. The van der Waals surface area contributed by atoms with Crippen LogP contribution in [0.5, 0.6) is 0 Å². The number of hydrogen-bond donors (Lipinski definition) is 0. The van der Waals surface area contributed by atoms with Crippen LogP contribution in [0.25, 0.3) is 11.0 Å². The Morgan fingerprint density at radius 1 is 1.37 bits per heavy atom. The summed E-state index contributed by atoms with van der Waals surface area (Å²) in [5, 5.41) is 0. The molecule has 1 aromatic heterocycles. The van der Waals surface area contributed by atoms with Gasteiger partial charge in [-0.05, 0) is 31.0 Å². The average molecular weight is 270 g/mol. The number of alkyl halides is 3. The van der Waals surface area contributed by atoms with Crippen molar-refractivity contribution >= 4 is 11.0 Å². The van der Waals surface area contributed by atoms with E-state index < -0.39 is 11.7 Å². The topological polar surface area (TPSA) is 27.1 Å². The number of imidazole rings is 1. The number of aromatic nitrogens is 2. The van der Waals surface area contributed by atoms with Crippen LogP contribution in [0.15, 0.2) is 18.2 Å². The summed E-state index contributed by atoms with van der Waals surface area (Å²) in [6.45, 7) is 0.682. The van der Waals surface area contributed by atoms with Gasteiger partial charge >= 0.3 is 6.18 Å². The first-order chi connectivity index (χ1) is 8.97. The smallest absolute Gasteiger partial charge is 0.370 e. The standard InChI is InChI=1S/C13H13F3N2O/c1-18-10-5-4-8(13(14,15)16)7-9(10)17-12(18)11-3-2-6-19-11/h4-5,7,11H,2-3,6H2,1H3. The van der Waals surface area contributed by atoms with Crippen molar-refractivity contribution in [2.75, 3.05) is 6.61 Å². The van der Waals surface area contributed by atoms with Crippen molar-refractivity contribution in [1.82, 2.24) is 9.55 Å². The van der Waals surface area contributed by atoms with E-state index in [2.05, 4.69) is 4.98 Å². The second-order valence-corrected chi connectivity index (χ2v) is 4.73. The molecule has 1 saturated heterocycles. The minimum atomic E-state index is -4.34. The summed E-state index contributed by atoms with van der Waals surface area (Å²) in [5.74, 6) is 0.701. The zero-order valence-electron chi connectivity index (χ0n) is 10.4. The van der Waals surface area contributed by atoms with Crippen LogP contribution < -0.4 is 0 Å². The van der Waals surface area contributed by atoms with E-state index >= 15 is 0 Å². The van der Waals surface area contributed by atoms with E-state index in [1.807, 2.05) is 4.57 Å². The van der Waals surface area contributed by atoms with Crippen molar-refractivity contribution in [1.29, 1.82) is 0 Å². The molecule has 6 heteroatoms. The summed E-state index contributed by atoms with van der Waals surface area (Å²) >= 11 is 0. The van der Waals surface area contributed by atoms with Crippen LogP contribution in [0.2, 0.25) is 0 Å². The molecule has 1 aliphatic heterocycles. The molecule has 0 bridgehead atoms. The van der Waals surface area contributed by atoms with Gasteiger partial charge in [-0.2, -0.15) is 13.2 Å². The summed E-state index contributed by atoms with van der Waals surface area (Å²) < 4.78 is 45.3. The van der Waals surface area contributed by atoms with Crippen molar-refractivity contribution in [3.05, 3.63) is 29.6 Å². The predicted octanol–water partition coefficient (Wildman–Crippen LogP) is 3.44. The third-order valence-corrected chi connectivity index (χ3v) is 3.46. The minimum absolute atomic E-state index is 0.105. The first kappa shape index (κ1) is 12.5. The molecule has 1 fully saturated rings. The van der Waals surface area contributed by atoms with Gasteiger partial charge in [0.1, 0.15) is 11.9 Å². The van der Waals surface area contributed by atoms with Gasteiger partial charge in [-0.1, -0.05) is 0 Å². The van der Waals surface area contributed by atoms with E-state index in [4.69, 9.17) is 4.74 Å². The third-order valence-electron chi connectivity index (χ3n) is 3.46. The number of ether oxygens (including phenoxy) is 1. The van der Waals surface area contributed by atoms with Gasteiger partial charge in [-0.25, -0.2) is 4.98 Å². The molecule has 0 amide bonds. The van der Waals surface area contributed by atoms with Gasteiger partial charge in [-0.15, -0.1) is 0 Å². The Morgan fingerprint density at radius 3 is 2.79 bits per heavy atom. The van der Waals surface area contributed by atoms with E-state index in [1.54, 1.807) is 7.05 Å². The molecular weight excluding hydrogens is 257 g/mol. The Balaban J connectivity index is 2.09. The molecule has 1 atom stereocenters. The first-order valence-corrected chi connectivity index (χ1v) is 6.12. The van der Waals surface area contributed by atoms with Crippen LogP contribution in [0.3, 0.4) is 0 Å². The number of nitrogens with zero attached hydrogens (tertiary/aromatic N) is 2. The van der Waals surface area contributed by atoms with Gasteiger partial charge in [0, 0.05) is 13.7 Å². The molecule has 19 heavy (non-hydrogen) atoms. The average Bonchev–Trinajstić information content (AvgIpc) is 2.96. The number of benzene rings is 1. The van der Waals surface area contributed by atoms with Crippen LogP contribution >= 0.6 is 0 Å². The highest BCUT2D eigenvalue weighted by Crippen LogP contribution is 2.33. The second-order valence-electron chi connectivity index (χ2n) is 4.73. The van der Waals surface area contributed by atoms with Crippen molar-refractivity contribution in [3.8, 4) is 0 Å². The quantitative estimate of drug-likeness (QED) is 0.793. The highest BCUT2D eigenvalue weighted by molar-refractivity contribution is 5.77. The molecule has 102 valence electrons. The lowest BCUT2D eigenvalue weighted by atomic mass is 10.2. The SMILES string of the molecule is Cn1c(C2CCCO2)nc2cc(C(F)(F)F)ccc21. The summed E-state index contributed by atoms with van der Waals surface area (Å²) in [7, 11) is 1.81. The van der Waals surface area contributed by atoms with Gasteiger partial charge in [0.15, 0.2) is 0 Å². The largest absolute Gasteiger partial charge is 0.416 e. The molecular formula is C13H13F3N2O.